The van der Waals surface area contributed by atoms with Gasteiger partial charge in [-0.3, -0.25) is 0 Å². The molecule has 0 atom stereocenters. The highest BCUT2D eigenvalue weighted by molar-refractivity contribution is 7.25. The van der Waals surface area contributed by atoms with E-state index < -0.39 is 0 Å². The van der Waals surface area contributed by atoms with Crippen LogP contribution in [-0.4, -0.2) is 0 Å². The summed E-state index contributed by atoms with van der Waals surface area (Å²) in [6.07, 6.45) is 0. The Balaban J connectivity index is 1.29. The fourth-order valence-electron chi connectivity index (χ4n) is 5.59. The minimum atomic E-state index is 0.888. The van der Waals surface area contributed by atoms with Crippen LogP contribution in [0.2, 0.25) is 0 Å². The van der Waals surface area contributed by atoms with Crippen LogP contribution in [0.15, 0.2) is 126 Å². The molecule has 2 heterocycles. The smallest absolute Gasteiger partial charge is 0.134 e. The van der Waals surface area contributed by atoms with Gasteiger partial charge in [-0.15, -0.1) is 11.3 Å². The van der Waals surface area contributed by atoms with Gasteiger partial charge in [0.25, 0.3) is 0 Å². The van der Waals surface area contributed by atoms with Crippen LogP contribution in [0.5, 0.6) is 0 Å². The summed E-state index contributed by atoms with van der Waals surface area (Å²) < 4.78 is 9.07. The zero-order valence-corrected chi connectivity index (χ0v) is 20.2. The average Bonchev–Trinajstić information content (AvgIpc) is 3.58. The van der Waals surface area contributed by atoms with Crippen molar-refractivity contribution in [2.75, 3.05) is 0 Å². The molecule has 8 aromatic rings. The Morgan fingerprint density at radius 1 is 0.361 bits per heavy atom. The minimum absolute atomic E-state index is 0.888. The standard InChI is InChI=1S/C34H20OS/c1-2-9-25-23(7-1)24-8-3-4-10-26(24)29-19-21(13-15-27(25)29)31-16-17-32(35-31)22-14-18-34-30(20-22)28-11-5-6-12-33(28)36-34/h1-20H. The predicted molar refractivity (Wildman–Crippen MR) is 155 cm³/mol. The van der Waals surface area contributed by atoms with Crippen molar-refractivity contribution in [3.63, 3.8) is 0 Å². The summed E-state index contributed by atoms with van der Waals surface area (Å²) in [6, 6.07) is 43.5. The average molecular weight is 477 g/mol. The highest BCUT2D eigenvalue weighted by Crippen LogP contribution is 2.39. The maximum Gasteiger partial charge on any atom is 0.134 e. The van der Waals surface area contributed by atoms with Crippen molar-refractivity contribution < 1.29 is 4.42 Å². The highest BCUT2D eigenvalue weighted by atomic mass is 32.1. The quantitative estimate of drug-likeness (QED) is 0.226. The fraction of sp³-hybridized carbons (Fsp3) is 0. The van der Waals surface area contributed by atoms with Gasteiger partial charge in [0.2, 0.25) is 0 Å². The second kappa shape index (κ2) is 7.55. The molecular weight excluding hydrogens is 456 g/mol. The van der Waals surface area contributed by atoms with Gasteiger partial charge in [-0.25, -0.2) is 0 Å². The van der Waals surface area contributed by atoms with E-state index in [-0.39, 0.29) is 0 Å². The van der Waals surface area contributed by atoms with E-state index in [2.05, 4.69) is 121 Å². The van der Waals surface area contributed by atoms with Gasteiger partial charge in [0.05, 0.1) is 0 Å². The van der Waals surface area contributed by atoms with Crippen LogP contribution in [0.3, 0.4) is 0 Å². The maximum atomic E-state index is 6.45. The van der Waals surface area contributed by atoms with Gasteiger partial charge in [0, 0.05) is 31.3 Å². The van der Waals surface area contributed by atoms with Crippen LogP contribution in [0.25, 0.3) is 75.1 Å². The van der Waals surface area contributed by atoms with Gasteiger partial charge in [0.15, 0.2) is 0 Å². The van der Waals surface area contributed by atoms with Crippen LogP contribution in [0, 0.1) is 0 Å². The summed E-state index contributed by atoms with van der Waals surface area (Å²) in [5.41, 5.74) is 2.20. The van der Waals surface area contributed by atoms with Crippen molar-refractivity contribution in [1.82, 2.24) is 0 Å². The Morgan fingerprint density at radius 2 is 0.833 bits per heavy atom. The van der Waals surface area contributed by atoms with Crippen LogP contribution in [-0.2, 0) is 0 Å². The maximum absolute atomic E-state index is 6.45. The van der Waals surface area contributed by atoms with Crippen molar-refractivity contribution in [1.29, 1.82) is 0 Å². The van der Waals surface area contributed by atoms with E-state index in [4.69, 9.17) is 4.42 Å². The third-order valence-corrected chi connectivity index (χ3v) is 8.45. The number of benzene rings is 6. The monoisotopic (exact) mass is 476 g/mol. The lowest BCUT2D eigenvalue weighted by atomic mass is 9.93. The molecule has 0 fully saturated rings. The van der Waals surface area contributed by atoms with Gasteiger partial charge in [-0.1, -0.05) is 78.9 Å². The Labute approximate surface area is 211 Å². The molecule has 6 aromatic carbocycles. The molecule has 0 saturated heterocycles. The SMILES string of the molecule is c1ccc2c(c1)sc1ccc(-c3ccc(-c4ccc5c6ccccc6c6ccccc6c5c4)o3)cc12. The summed E-state index contributed by atoms with van der Waals surface area (Å²) >= 11 is 1.84. The predicted octanol–water partition coefficient (Wildman–Crippen LogP) is 10.4. The molecule has 1 nitrogen and oxygen atoms in total. The second-order valence-corrected chi connectivity index (χ2v) is 10.4. The van der Waals surface area contributed by atoms with Crippen LogP contribution >= 0.6 is 11.3 Å². The topological polar surface area (TPSA) is 13.1 Å². The molecule has 36 heavy (non-hydrogen) atoms. The number of hydrogen-bond donors (Lipinski definition) is 0. The molecule has 0 unspecified atom stereocenters. The molecule has 0 amide bonds. The van der Waals surface area contributed by atoms with Crippen LogP contribution in [0.1, 0.15) is 0 Å². The number of hydrogen-bond acceptors (Lipinski definition) is 2. The first kappa shape index (κ1) is 19.9. The molecule has 0 aliphatic carbocycles. The zero-order chi connectivity index (χ0) is 23.6. The summed E-state index contributed by atoms with van der Waals surface area (Å²) in [4.78, 5) is 0. The lowest BCUT2D eigenvalue weighted by Crippen LogP contribution is -1.84. The first-order valence-corrected chi connectivity index (χ1v) is 13.0. The fourth-order valence-corrected chi connectivity index (χ4v) is 6.67. The molecule has 0 aliphatic heterocycles. The molecular formula is C34H20OS. The molecule has 2 aromatic heterocycles. The molecule has 8 rings (SSSR count). The van der Waals surface area contributed by atoms with Crippen LogP contribution < -0.4 is 0 Å². The second-order valence-electron chi connectivity index (χ2n) is 9.32. The molecule has 2 heteroatoms. The minimum Gasteiger partial charge on any atom is -0.456 e. The van der Waals surface area contributed by atoms with Crippen molar-refractivity contribution in [3.05, 3.63) is 121 Å². The lowest BCUT2D eigenvalue weighted by Gasteiger charge is -2.11. The largest absolute Gasteiger partial charge is 0.456 e. The number of furan rings is 1. The molecule has 0 radical (unpaired) electrons. The lowest BCUT2D eigenvalue weighted by molar-refractivity contribution is 0.597. The summed E-state index contributed by atoms with van der Waals surface area (Å²) in [5.74, 6) is 1.78. The van der Waals surface area contributed by atoms with Gasteiger partial charge >= 0.3 is 0 Å². The van der Waals surface area contributed by atoms with E-state index in [9.17, 15) is 0 Å². The van der Waals surface area contributed by atoms with E-state index in [1.165, 1.54) is 52.5 Å². The van der Waals surface area contributed by atoms with E-state index in [1.807, 2.05) is 11.3 Å². The van der Waals surface area contributed by atoms with E-state index in [0.717, 1.165) is 22.6 Å². The molecule has 0 N–H and O–H groups in total. The summed E-state index contributed by atoms with van der Waals surface area (Å²) in [6.45, 7) is 0. The normalized spacial score (nSPS) is 11.9. The van der Waals surface area contributed by atoms with Crippen molar-refractivity contribution in [3.8, 4) is 22.6 Å². The first-order chi connectivity index (χ1) is 17.8. The molecule has 0 aliphatic rings. The molecule has 0 spiro atoms. The van der Waals surface area contributed by atoms with Gasteiger partial charge in [-0.05, 0) is 74.8 Å². The Morgan fingerprint density at radius 3 is 1.50 bits per heavy atom. The van der Waals surface area contributed by atoms with Crippen molar-refractivity contribution in [2.24, 2.45) is 0 Å². The number of rotatable bonds is 2. The van der Waals surface area contributed by atoms with Gasteiger partial charge in [0.1, 0.15) is 11.5 Å². The van der Waals surface area contributed by atoms with E-state index >= 15 is 0 Å². The summed E-state index contributed by atoms with van der Waals surface area (Å²) in [7, 11) is 0. The zero-order valence-electron chi connectivity index (χ0n) is 19.4. The van der Waals surface area contributed by atoms with E-state index in [0.29, 0.717) is 0 Å². The Hall–Kier alpha value is -4.40. The van der Waals surface area contributed by atoms with Crippen molar-refractivity contribution >= 4 is 63.8 Å². The molecule has 0 saturated carbocycles. The van der Waals surface area contributed by atoms with Crippen molar-refractivity contribution in [2.45, 2.75) is 0 Å². The third kappa shape index (κ3) is 2.89. The summed E-state index contributed by atoms with van der Waals surface area (Å²) in [5, 5.41) is 10.3. The number of thiophene rings is 1. The number of fused-ring (bicyclic) bond motifs is 9. The molecule has 168 valence electrons. The van der Waals surface area contributed by atoms with Gasteiger partial charge < -0.3 is 4.42 Å². The Bertz CT molecular complexity index is 2070. The van der Waals surface area contributed by atoms with E-state index in [1.54, 1.807) is 0 Å². The van der Waals surface area contributed by atoms with Gasteiger partial charge in [-0.2, -0.15) is 0 Å². The van der Waals surface area contributed by atoms with Crippen LogP contribution in [0.4, 0.5) is 0 Å². The molecule has 0 bridgehead atoms. The first-order valence-electron chi connectivity index (χ1n) is 12.2. The Kier molecular flexibility index (Phi) is 4.16. The highest BCUT2D eigenvalue weighted by Gasteiger charge is 2.13. The third-order valence-electron chi connectivity index (χ3n) is 7.30.